The Labute approximate surface area is 137 Å². The van der Waals surface area contributed by atoms with Crippen LogP contribution in [0.1, 0.15) is 25.7 Å². The van der Waals surface area contributed by atoms with E-state index in [2.05, 4.69) is 0 Å². The summed E-state index contributed by atoms with van der Waals surface area (Å²) in [7, 11) is 1.58. The van der Waals surface area contributed by atoms with Gasteiger partial charge in [0.05, 0.1) is 19.6 Å². The molecular weight excluding hydrogens is 300 g/mol. The molecule has 0 aromatic rings. The number of methoxy groups -OCH3 is 1. The molecule has 2 fully saturated rings. The van der Waals surface area contributed by atoms with Gasteiger partial charge in [0, 0.05) is 32.7 Å². The van der Waals surface area contributed by atoms with Gasteiger partial charge in [0.15, 0.2) is 0 Å². The van der Waals surface area contributed by atoms with Gasteiger partial charge in [-0.25, -0.2) is 0 Å². The van der Waals surface area contributed by atoms with E-state index in [9.17, 15) is 14.7 Å². The van der Waals surface area contributed by atoms with Crippen molar-refractivity contribution >= 4 is 11.9 Å². The van der Waals surface area contributed by atoms with Crippen molar-refractivity contribution in [3.63, 3.8) is 0 Å². The Balaban J connectivity index is 1.92. The lowest BCUT2D eigenvalue weighted by molar-refractivity contribution is -0.142. The second kappa shape index (κ2) is 8.08. The third-order valence-electron chi connectivity index (χ3n) is 5.49. The summed E-state index contributed by atoms with van der Waals surface area (Å²) in [5.74, 6) is -0.628. The summed E-state index contributed by atoms with van der Waals surface area (Å²) in [5.41, 5.74) is 0.0434. The average molecular weight is 328 g/mol. The van der Waals surface area contributed by atoms with Gasteiger partial charge in [0.1, 0.15) is 0 Å². The molecule has 0 aromatic heterocycles. The van der Waals surface area contributed by atoms with Gasteiger partial charge in [-0.3, -0.25) is 14.5 Å². The van der Waals surface area contributed by atoms with Crippen LogP contribution in [0.15, 0.2) is 0 Å². The number of nitrogens with zero attached hydrogens (tertiary/aromatic N) is 2. The van der Waals surface area contributed by atoms with Gasteiger partial charge in [-0.15, -0.1) is 0 Å². The Morgan fingerprint density at radius 1 is 1.22 bits per heavy atom. The molecule has 0 aromatic carbocycles. The Morgan fingerprint density at radius 3 is 2.43 bits per heavy atom. The van der Waals surface area contributed by atoms with Gasteiger partial charge < -0.3 is 19.8 Å². The number of carbonyl (C=O) groups excluding carboxylic acids is 1. The summed E-state index contributed by atoms with van der Waals surface area (Å²) < 4.78 is 4.96. The standard InChI is InChI=1S/C16H28N2O5/c1-23-9-2-14(20)18-8-5-16(13(10-18)12-19)3-6-17(7-4-16)11-15(21)22/h13,19H,2-12H2,1H3,(H,21,22). The maximum Gasteiger partial charge on any atom is 0.317 e. The topological polar surface area (TPSA) is 90.3 Å². The number of aliphatic carboxylic acids is 1. The molecule has 0 bridgehead atoms. The normalized spacial score (nSPS) is 24.8. The first-order valence-electron chi connectivity index (χ1n) is 8.32. The number of hydrogen-bond acceptors (Lipinski definition) is 5. The summed E-state index contributed by atoms with van der Waals surface area (Å²) in [6, 6.07) is 0. The number of carboxylic acid groups (broad SMARTS) is 1. The number of aliphatic hydroxyl groups is 1. The third-order valence-corrected chi connectivity index (χ3v) is 5.49. The van der Waals surface area contributed by atoms with Crippen molar-refractivity contribution in [2.24, 2.45) is 11.3 Å². The third kappa shape index (κ3) is 4.43. The van der Waals surface area contributed by atoms with Crippen LogP contribution in [0.4, 0.5) is 0 Å². The Hall–Kier alpha value is -1.18. The zero-order valence-corrected chi connectivity index (χ0v) is 13.9. The van der Waals surface area contributed by atoms with Crippen molar-refractivity contribution in [3.8, 4) is 0 Å². The lowest BCUT2D eigenvalue weighted by atomic mass is 9.64. The zero-order valence-electron chi connectivity index (χ0n) is 13.9. The highest BCUT2D eigenvalue weighted by atomic mass is 16.5. The lowest BCUT2D eigenvalue weighted by Gasteiger charge is -2.51. The van der Waals surface area contributed by atoms with Gasteiger partial charge in [-0.05, 0) is 37.8 Å². The van der Waals surface area contributed by atoms with E-state index in [1.54, 1.807) is 7.11 Å². The summed E-state index contributed by atoms with van der Waals surface area (Å²) in [6.45, 7) is 3.40. The van der Waals surface area contributed by atoms with E-state index >= 15 is 0 Å². The fourth-order valence-electron chi connectivity index (χ4n) is 3.94. The van der Waals surface area contributed by atoms with Crippen LogP contribution in [0, 0.1) is 11.3 Å². The van der Waals surface area contributed by atoms with Crippen LogP contribution < -0.4 is 0 Å². The molecule has 0 radical (unpaired) electrons. The molecule has 2 saturated heterocycles. The molecule has 132 valence electrons. The molecule has 1 amide bonds. The molecule has 2 rings (SSSR count). The lowest BCUT2D eigenvalue weighted by Crippen LogP contribution is -2.55. The van der Waals surface area contributed by atoms with Crippen LogP contribution in [0.3, 0.4) is 0 Å². The van der Waals surface area contributed by atoms with E-state index < -0.39 is 5.97 Å². The van der Waals surface area contributed by atoms with E-state index in [1.165, 1.54) is 0 Å². The number of rotatable bonds is 6. The maximum atomic E-state index is 12.2. The van der Waals surface area contributed by atoms with Gasteiger partial charge in [-0.2, -0.15) is 0 Å². The highest BCUT2D eigenvalue weighted by Gasteiger charge is 2.45. The second-order valence-electron chi connectivity index (χ2n) is 6.74. The molecule has 1 atom stereocenters. The molecule has 2 N–H and O–H groups in total. The number of ether oxygens (including phenoxy) is 1. The molecule has 2 aliphatic rings. The predicted molar refractivity (Wildman–Crippen MR) is 84.0 cm³/mol. The van der Waals surface area contributed by atoms with Crippen molar-refractivity contribution in [2.45, 2.75) is 25.7 Å². The maximum absolute atomic E-state index is 12.2. The molecule has 2 aliphatic heterocycles. The summed E-state index contributed by atoms with van der Waals surface area (Å²) in [5, 5.41) is 18.7. The van der Waals surface area contributed by atoms with Crippen molar-refractivity contribution in [1.29, 1.82) is 0 Å². The molecule has 1 spiro atoms. The Kier molecular flexibility index (Phi) is 6.38. The molecular formula is C16H28N2O5. The fraction of sp³-hybridized carbons (Fsp3) is 0.875. The van der Waals surface area contributed by atoms with Crippen molar-refractivity contribution in [1.82, 2.24) is 9.80 Å². The van der Waals surface area contributed by atoms with Crippen LogP contribution in [0.5, 0.6) is 0 Å². The predicted octanol–water partition coefficient (Wildman–Crippen LogP) is 0.0305. The Bertz CT molecular complexity index is 421. The van der Waals surface area contributed by atoms with Crippen molar-refractivity contribution in [2.75, 3.05) is 53.0 Å². The number of likely N-dealkylation sites (tertiary alicyclic amines) is 2. The van der Waals surface area contributed by atoms with Crippen molar-refractivity contribution in [3.05, 3.63) is 0 Å². The largest absolute Gasteiger partial charge is 0.480 e. The van der Waals surface area contributed by atoms with E-state index in [0.717, 1.165) is 38.9 Å². The quantitative estimate of drug-likeness (QED) is 0.715. The van der Waals surface area contributed by atoms with Crippen LogP contribution in [-0.2, 0) is 14.3 Å². The van der Waals surface area contributed by atoms with Crippen LogP contribution >= 0.6 is 0 Å². The number of piperidine rings is 2. The first-order valence-corrected chi connectivity index (χ1v) is 8.32. The fourth-order valence-corrected chi connectivity index (χ4v) is 3.94. The number of hydrogen-bond donors (Lipinski definition) is 2. The zero-order chi connectivity index (χ0) is 16.9. The molecule has 1 unspecified atom stereocenters. The molecule has 0 saturated carbocycles. The van der Waals surface area contributed by atoms with Gasteiger partial charge in [0.25, 0.3) is 0 Å². The van der Waals surface area contributed by atoms with Crippen LogP contribution in [-0.4, -0.2) is 84.9 Å². The molecule has 7 heteroatoms. The first-order chi connectivity index (χ1) is 11.0. The Morgan fingerprint density at radius 2 is 1.87 bits per heavy atom. The smallest absolute Gasteiger partial charge is 0.317 e. The summed E-state index contributed by atoms with van der Waals surface area (Å²) in [4.78, 5) is 26.8. The molecule has 0 aliphatic carbocycles. The molecule has 23 heavy (non-hydrogen) atoms. The number of carboxylic acids is 1. The second-order valence-corrected chi connectivity index (χ2v) is 6.74. The minimum Gasteiger partial charge on any atom is -0.480 e. The number of aliphatic hydroxyl groups excluding tert-OH is 1. The highest BCUT2D eigenvalue weighted by molar-refractivity contribution is 5.76. The van der Waals surface area contributed by atoms with E-state index in [4.69, 9.17) is 9.84 Å². The van der Waals surface area contributed by atoms with E-state index in [1.807, 2.05) is 9.80 Å². The average Bonchev–Trinajstić information content (AvgIpc) is 2.55. The number of carbonyl (C=O) groups is 2. The number of amides is 1. The minimum atomic E-state index is -0.793. The minimum absolute atomic E-state index is 0.0434. The van der Waals surface area contributed by atoms with Crippen molar-refractivity contribution < 1.29 is 24.5 Å². The molecule has 2 heterocycles. The monoisotopic (exact) mass is 328 g/mol. The van der Waals surface area contributed by atoms with E-state index in [-0.39, 0.29) is 30.4 Å². The van der Waals surface area contributed by atoms with Crippen LogP contribution in [0.2, 0.25) is 0 Å². The summed E-state index contributed by atoms with van der Waals surface area (Å²) in [6.07, 6.45) is 3.06. The van der Waals surface area contributed by atoms with Crippen LogP contribution in [0.25, 0.3) is 0 Å². The SMILES string of the molecule is COCCC(=O)N1CCC2(CCN(CC(=O)O)CC2)C(CO)C1. The van der Waals surface area contributed by atoms with Gasteiger partial charge in [0.2, 0.25) is 5.91 Å². The summed E-state index contributed by atoms with van der Waals surface area (Å²) >= 11 is 0. The van der Waals surface area contributed by atoms with Gasteiger partial charge in [-0.1, -0.05) is 0 Å². The molecule has 7 nitrogen and oxygen atoms in total. The first kappa shape index (κ1) is 18.2. The van der Waals surface area contributed by atoms with E-state index in [0.29, 0.717) is 19.6 Å². The van der Waals surface area contributed by atoms with Gasteiger partial charge >= 0.3 is 5.97 Å². The highest BCUT2D eigenvalue weighted by Crippen LogP contribution is 2.45.